The molecule has 0 bridgehead atoms. The summed E-state index contributed by atoms with van der Waals surface area (Å²) < 4.78 is 91.6. The summed E-state index contributed by atoms with van der Waals surface area (Å²) in [4.78, 5) is 104. The number of aromatic amines is 2. The summed E-state index contributed by atoms with van der Waals surface area (Å²) in [5.74, 6) is 0.141. The number of para-hydroxylation sites is 2. The van der Waals surface area contributed by atoms with Gasteiger partial charge in [-0.05, 0) is 212 Å². The van der Waals surface area contributed by atoms with Gasteiger partial charge in [-0.15, -0.1) is 12.4 Å². The van der Waals surface area contributed by atoms with Crippen LogP contribution in [-0.2, 0) is 36.8 Å². The number of pyridine rings is 2. The number of amides is 2. The van der Waals surface area contributed by atoms with Crippen molar-refractivity contribution >= 4 is 83.7 Å². The number of hydrogen-bond donors (Lipinski definition) is 4. The predicted molar refractivity (Wildman–Crippen MR) is 445 cm³/mol. The van der Waals surface area contributed by atoms with E-state index in [-0.39, 0.29) is 78.9 Å². The molecule has 26 nitrogen and oxygen atoms in total. The van der Waals surface area contributed by atoms with Gasteiger partial charge in [0.15, 0.2) is 5.78 Å². The van der Waals surface area contributed by atoms with Crippen molar-refractivity contribution in [2.24, 2.45) is 22.7 Å². The average molecular weight is 1680 g/mol. The Morgan fingerprint density at radius 3 is 1.41 bits per heavy atom. The van der Waals surface area contributed by atoms with Crippen LogP contribution in [0.2, 0.25) is 0 Å². The van der Waals surface area contributed by atoms with E-state index < -0.39 is 30.9 Å². The number of fused-ring (bicyclic) bond motifs is 2. The van der Waals surface area contributed by atoms with Gasteiger partial charge in [-0.25, -0.2) is 28.7 Å². The molecule has 0 aliphatic carbocycles. The molecular weight excluding hydrogens is 1560 g/mol. The number of nitrogens with one attached hydrogen (secondary N) is 2. The number of aromatic carboxylic acids is 1. The Morgan fingerprint density at radius 1 is 0.655 bits per heavy atom. The molecule has 34 heteroatoms. The van der Waals surface area contributed by atoms with E-state index >= 15 is 0 Å². The fourth-order valence-electron chi connectivity index (χ4n) is 14.4. The number of rotatable bonds is 18. The van der Waals surface area contributed by atoms with Crippen LogP contribution in [0.25, 0.3) is 21.8 Å². The van der Waals surface area contributed by atoms with Gasteiger partial charge in [-0.2, -0.15) is 5.26 Å². The number of Topliss-reactive ketones (excluding diaryl/α,β-unsaturated/α-hetero) is 1. The molecule has 0 spiro atoms. The number of carbonyl (C=O) groups excluding carboxylic acids is 4. The van der Waals surface area contributed by atoms with Crippen molar-refractivity contribution in [3.05, 3.63) is 126 Å². The van der Waals surface area contributed by atoms with E-state index in [2.05, 4.69) is 83.7 Å². The predicted octanol–water partition coefficient (Wildman–Crippen LogP) is 17.5. The normalized spacial score (nSPS) is 15.3. The van der Waals surface area contributed by atoms with Crippen molar-refractivity contribution < 1.29 is 87.4 Å². The van der Waals surface area contributed by atoms with E-state index in [1.165, 1.54) is 20.6 Å². The molecule has 6 aromatic rings. The van der Waals surface area contributed by atoms with E-state index in [1.807, 2.05) is 117 Å². The van der Waals surface area contributed by atoms with Crippen LogP contribution in [0, 0.1) is 50.9 Å². The van der Waals surface area contributed by atoms with Gasteiger partial charge in [0.25, 0.3) is 16.8 Å². The van der Waals surface area contributed by atoms with Crippen molar-refractivity contribution in [2.45, 2.75) is 224 Å². The van der Waals surface area contributed by atoms with E-state index in [0.717, 1.165) is 103 Å². The van der Waals surface area contributed by atoms with Crippen LogP contribution in [0.4, 0.5) is 34.8 Å². The number of nitrogens with two attached hydrogens (primary N) is 1. The van der Waals surface area contributed by atoms with E-state index in [0.29, 0.717) is 96.3 Å². The summed E-state index contributed by atoms with van der Waals surface area (Å²) >= 11 is 0. The Labute approximate surface area is 683 Å². The number of ketones is 1. The molecular formula is C82H124ClF6N12O14P. The molecule has 9 rings (SSSR count). The van der Waals surface area contributed by atoms with Crippen LogP contribution in [0.3, 0.4) is 0 Å². The maximum atomic E-state index is 13.7. The molecule has 0 radical (unpaired) electrons. The monoisotopic (exact) mass is 1680 g/mol. The number of methoxy groups -OCH3 is 2. The van der Waals surface area contributed by atoms with E-state index in [1.54, 1.807) is 53.3 Å². The summed E-state index contributed by atoms with van der Waals surface area (Å²) in [7, 11) is -3.94. The molecule has 3 saturated heterocycles. The molecule has 116 heavy (non-hydrogen) atoms. The zero-order chi connectivity index (χ0) is 87.1. The molecule has 3 fully saturated rings. The number of oxime groups is 1. The van der Waals surface area contributed by atoms with Crippen LogP contribution in [0.1, 0.15) is 215 Å². The molecule has 2 amide bonds. The Kier molecular flexibility index (Phi) is 37.7. The van der Waals surface area contributed by atoms with E-state index in [9.17, 15) is 63.8 Å². The maximum absolute atomic E-state index is 13.7. The number of amidine groups is 1. The first kappa shape index (κ1) is 101. The first-order valence-corrected chi connectivity index (χ1v) is 40.9. The Hall–Kier alpha value is -9.18. The Morgan fingerprint density at radius 2 is 1.05 bits per heavy atom. The van der Waals surface area contributed by atoms with Gasteiger partial charge in [0.1, 0.15) is 28.8 Å². The van der Waals surface area contributed by atoms with Crippen molar-refractivity contribution in [3.8, 4) is 17.6 Å². The van der Waals surface area contributed by atoms with Gasteiger partial charge in [0.2, 0.25) is 0 Å². The molecule has 0 saturated carbocycles. The minimum atomic E-state index is -10.7. The minimum absolute atomic E-state index is 0. The second-order valence-electron chi connectivity index (χ2n) is 31.4. The number of nitrogens with zero attached hydrogens (tertiary/aromatic N) is 9. The third-order valence-electron chi connectivity index (χ3n) is 19.6. The third-order valence-corrected chi connectivity index (χ3v) is 19.6. The number of halogens is 7. The summed E-state index contributed by atoms with van der Waals surface area (Å²) in [5.41, 5.74) is 10.9. The number of hydrogen-bond acceptors (Lipinski definition) is 17. The first-order valence-electron chi connectivity index (χ1n) is 38.9. The van der Waals surface area contributed by atoms with Gasteiger partial charge in [0.05, 0.1) is 64.7 Å². The van der Waals surface area contributed by atoms with Crippen molar-refractivity contribution in [1.29, 1.82) is 5.26 Å². The van der Waals surface area contributed by atoms with Crippen LogP contribution in [0.15, 0.2) is 75.4 Å². The molecule has 4 aromatic heterocycles. The Balaban J connectivity index is 0.000000395. The number of piperidine rings is 3. The molecule has 7 heterocycles. The van der Waals surface area contributed by atoms with Crippen LogP contribution >= 0.6 is 20.2 Å². The standard InChI is InChI=1S/C31H41N3O5.C22H30N2O4.C13H21N4O3.C8H12N2O2.C8H19N.ClH.F6P/c1-19-18-27(38-7)24(29(36)32-19)12-13-26(35)28-21(3)34(25-11-9-8-10-23(25)28)20(2)22-14-16-33(17-15-22)30(37)39-31(4,5)6;1-14(16-10-12-23(13-11-16)21(27)28-22(3,4)5)24-15(2)19(20(25)26)17-8-6-7-9-18(17)24;1-4-19-12(18)11(10-14)15-20-13(16(2)3)17-8-6-5-7-9-17;1-5-3-7(12-2)6(4-9)8(11)10-5;1-6-9(7(2)3)8(4)5;;1-7(2,3,4,5)6/h8-11,18,20,22H,12-17H2,1-7H3,(H,32,36);6-9,14,16H,10-13H2,1-5H3,(H,25,26);4-9H2,1-3H3;3H,4,9H2,1-2H3,(H,10,11);7-8H,6H2,1-5H3;1H;/q;;+1;;;;-1/b;;15-11+;;;;. The van der Waals surface area contributed by atoms with Gasteiger partial charge in [0, 0.05) is 113 Å². The van der Waals surface area contributed by atoms with Gasteiger partial charge in [-0.1, -0.05) is 48.5 Å². The number of nitriles is 1. The topological polar surface area (TPSA) is 315 Å². The van der Waals surface area contributed by atoms with Crippen LogP contribution in [-0.4, -0.2) is 194 Å². The zero-order valence-electron chi connectivity index (χ0n) is 71.4. The second kappa shape index (κ2) is 43.3. The molecule has 2 aromatic carbocycles. The molecule has 5 N–H and O–H groups in total. The first-order chi connectivity index (χ1) is 53.3. The number of likely N-dealkylation sites (tertiary alicyclic amines) is 3. The van der Waals surface area contributed by atoms with Crippen molar-refractivity contribution in [1.82, 2.24) is 38.7 Å². The number of carboxylic acids is 1. The van der Waals surface area contributed by atoms with Crippen LogP contribution < -0.4 is 26.3 Å². The van der Waals surface area contributed by atoms with Gasteiger partial charge in [-0.3, -0.25) is 24.1 Å². The molecule has 3 aliphatic heterocycles. The van der Waals surface area contributed by atoms with Crippen molar-refractivity contribution in [3.63, 3.8) is 0 Å². The number of aryl methyl sites for hydroxylation is 2. The number of carboxylic acid groups (broad SMARTS) is 1. The van der Waals surface area contributed by atoms with Gasteiger partial charge < -0.3 is 63.4 Å². The third kappa shape index (κ3) is 31.4. The average Bonchev–Trinajstić information content (AvgIpc) is 1.53. The van der Waals surface area contributed by atoms with Crippen molar-refractivity contribution in [2.75, 3.05) is 80.7 Å². The molecule has 3 aliphatic rings. The number of benzene rings is 2. The molecule has 650 valence electrons. The fraction of sp³-hybridized carbons (Fsp3) is 0.585. The van der Waals surface area contributed by atoms with Gasteiger partial charge >= 0.3 is 63.1 Å². The molecule has 2 unspecified atom stereocenters. The number of carbonyl (C=O) groups is 5. The Bertz CT molecular complexity index is 4500. The summed E-state index contributed by atoms with van der Waals surface area (Å²) in [6.45, 7) is 41.9. The summed E-state index contributed by atoms with van der Waals surface area (Å²) in [6, 6.07) is 23.2. The number of esters is 1. The fourth-order valence-corrected chi connectivity index (χ4v) is 14.4. The SMILES string of the molecule is CCN(C(C)C)C(C)C.CCOC(=O)/C(C#N)=N/OC(N1CCCCC1)=[N+](C)C.COc1cc(C)[nH]c(=O)c1CCC(=O)c1c(C)n(C(C)C2CCN(C(=O)OC(C)(C)C)CC2)c2ccccc12.COc1cc(C)[nH]c(=O)c1CN.Cc1c(C(=O)O)c2ccccc2n1C(C)C1CCN(C(=O)OC(C)(C)C)CC1.Cl.F[P-](F)(F)(F)(F)F. The number of H-pyrrole nitrogens is 2. The van der Waals surface area contributed by atoms with E-state index in [4.69, 9.17) is 39.5 Å². The van der Waals surface area contributed by atoms with Crippen LogP contribution in [0.5, 0.6) is 11.5 Å². The molecule has 2 atom stereocenters. The summed E-state index contributed by atoms with van der Waals surface area (Å²) in [5, 5.41) is 23.9. The number of ether oxygens (including phenoxy) is 5. The number of aromatic nitrogens is 4. The quantitative estimate of drug-likeness (QED) is 0.00715. The second-order valence-corrected chi connectivity index (χ2v) is 33.4. The summed E-state index contributed by atoms with van der Waals surface area (Å²) in [6.07, 6.45) is 6.85. The zero-order valence-corrected chi connectivity index (χ0v) is 73.2.